The first kappa shape index (κ1) is 12.8. The SMILES string of the molecule is CC1(C)COC([C]2[C](I)[CH][CH][C]2I)OC1. The molecule has 0 aromatic carbocycles. The van der Waals surface area contributed by atoms with Crippen molar-refractivity contribution in [2.24, 2.45) is 5.41 Å². The fourth-order valence-corrected chi connectivity index (χ4v) is 3.49. The van der Waals surface area contributed by atoms with E-state index in [9.17, 15) is 0 Å². The van der Waals surface area contributed by atoms with Crippen molar-refractivity contribution in [2.45, 2.75) is 20.1 Å². The highest BCUT2D eigenvalue weighted by Gasteiger charge is 2.44. The monoisotopic (exact) mass is 431 g/mol. The molecule has 2 fully saturated rings. The zero-order valence-electron chi connectivity index (χ0n) is 8.72. The number of hydrogen-bond acceptors (Lipinski definition) is 2. The second kappa shape index (κ2) is 4.94. The third kappa shape index (κ3) is 2.98. The first-order valence-corrected chi connectivity index (χ1v) is 6.99. The lowest BCUT2D eigenvalue weighted by Crippen LogP contribution is -2.41. The Labute approximate surface area is 119 Å². The lowest BCUT2D eigenvalue weighted by atomic mass is 9.94. The van der Waals surface area contributed by atoms with Crippen LogP contribution in [0, 0.1) is 32.0 Å². The van der Waals surface area contributed by atoms with Crippen LogP contribution in [0.4, 0.5) is 0 Å². The van der Waals surface area contributed by atoms with Gasteiger partial charge in [0.25, 0.3) is 0 Å². The predicted molar refractivity (Wildman–Crippen MR) is 75.8 cm³/mol. The molecule has 1 aliphatic carbocycles. The van der Waals surface area contributed by atoms with Crippen molar-refractivity contribution in [1.82, 2.24) is 0 Å². The van der Waals surface area contributed by atoms with E-state index < -0.39 is 0 Å². The van der Waals surface area contributed by atoms with Gasteiger partial charge in [-0.25, -0.2) is 0 Å². The van der Waals surface area contributed by atoms with Crippen molar-refractivity contribution in [3.05, 3.63) is 26.6 Å². The Morgan fingerprint density at radius 3 is 2.07 bits per heavy atom. The van der Waals surface area contributed by atoms with Gasteiger partial charge in [0.2, 0.25) is 0 Å². The number of halogens is 2. The molecule has 15 heavy (non-hydrogen) atoms. The Bertz CT molecular complexity index is 213. The van der Waals surface area contributed by atoms with E-state index in [1.165, 1.54) is 13.8 Å². The molecule has 1 aliphatic heterocycles. The van der Waals surface area contributed by atoms with E-state index in [2.05, 4.69) is 71.9 Å². The van der Waals surface area contributed by atoms with Gasteiger partial charge in [0.1, 0.15) is 0 Å². The van der Waals surface area contributed by atoms with Crippen molar-refractivity contribution in [3.8, 4) is 0 Å². The number of rotatable bonds is 1. The van der Waals surface area contributed by atoms with E-state index in [0.717, 1.165) is 13.2 Å². The van der Waals surface area contributed by atoms with E-state index in [1.54, 1.807) is 0 Å². The van der Waals surface area contributed by atoms with E-state index in [-0.39, 0.29) is 11.7 Å². The summed E-state index contributed by atoms with van der Waals surface area (Å²) in [6.45, 7) is 5.83. The second-order valence-corrected chi connectivity index (χ2v) is 6.89. The van der Waals surface area contributed by atoms with Crippen LogP contribution in [-0.2, 0) is 9.47 Å². The molecule has 0 amide bonds. The Kier molecular flexibility index (Phi) is 4.22. The maximum Gasteiger partial charge on any atom is 0.166 e. The second-order valence-electron chi connectivity index (χ2n) is 4.56. The van der Waals surface area contributed by atoms with Crippen LogP contribution in [0.3, 0.4) is 0 Å². The largest absolute Gasteiger partial charge is 0.351 e. The van der Waals surface area contributed by atoms with Gasteiger partial charge < -0.3 is 9.47 Å². The van der Waals surface area contributed by atoms with Gasteiger partial charge in [-0.3, -0.25) is 0 Å². The average molecular weight is 431 g/mol. The molecule has 0 atom stereocenters. The highest BCUT2D eigenvalue weighted by Crippen LogP contribution is 2.51. The lowest BCUT2D eigenvalue weighted by molar-refractivity contribution is -0.209. The summed E-state index contributed by atoms with van der Waals surface area (Å²) in [6.07, 6.45) is 4.03. The van der Waals surface area contributed by atoms with Crippen molar-refractivity contribution in [2.75, 3.05) is 13.2 Å². The van der Waals surface area contributed by atoms with Crippen LogP contribution in [0.25, 0.3) is 0 Å². The molecule has 2 rings (SSSR count). The minimum absolute atomic E-state index is 0.139. The van der Waals surface area contributed by atoms with Crippen molar-refractivity contribution in [3.63, 3.8) is 0 Å². The summed E-state index contributed by atoms with van der Waals surface area (Å²) < 4.78 is 14.0. The topological polar surface area (TPSA) is 18.5 Å². The molecule has 0 N–H and O–H groups in total. The summed E-state index contributed by atoms with van der Waals surface area (Å²) in [6, 6.07) is 0. The summed E-state index contributed by atoms with van der Waals surface area (Å²) in [4.78, 5) is 0. The average Bonchev–Trinajstić information content (AvgIpc) is 2.48. The first-order chi connectivity index (χ1) is 6.99. The zero-order valence-corrected chi connectivity index (χ0v) is 13.0. The summed E-state index contributed by atoms with van der Waals surface area (Å²) in [5.41, 5.74) is 0.139. The molecular weight excluding hydrogens is 418 g/mol. The molecule has 2 nitrogen and oxygen atoms in total. The highest BCUT2D eigenvalue weighted by atomic mass is 127. The van der Waals surface area contributed by atoms with E-state index in [0.29, 0.717) is 0 Å². The molecule has 0 aromatic heterocycles. The smallest absolute Gasteiger partial charge is 0.166 e. The van der Waals surface area contributed by atoms with Crippen LogP contribution >= 0.6 is 45.2 Å². The quantitative estimate of drug-likeness (QED) is 0.594. The molecule has 5 radical (unpaired) electrons. The van der Waals surface area contributed by atoms with Crippen LogP contribution < -0.4 is 0 Å². The Hall–Kier alpha value is 1.38. The Balaban J connectivity index is 1.95. The standard InChI is InChI=1S/C11H13I2O2/c1-11(2)5-14-10(15-6-11)9-7(12)3-4-8(9)13/h3-4,10H,5-6H2,1-2H3. The van der Waals surface area contributed by atoms with Crippen LogP contribution in [0.2, 0.25) is 0 Å². The highest BCUT2D eigenvalue weighted by molar-refractivity contribution is 14.1. The van der Waals surface area contributed by atoms with E-state index in [4.69, 9.17) is 9.47 Å². The molecule has 0 unspecified atom stereocenters. The van der Waals surface area contributed by atoms with Gasteiger partial charge in [0, 0.05) is 5.41 Å². The predicted octanol–water partition coefficient (Wildman–Crippen LogP) is 3.32. The number of hydrogen-bond donors (Lipinski definition) is 0. The van der Waals surface area contributed by atoms with E-state index in [1.807, 2.05) is 0 Å². The number of ether oxygens (including phenoxy) is 2. The molecule has 1 heterocycles. The van der Waals surface area contributed by atoms with Gasteiger partial charge in [-0.05, 0) is 12.8 Å². The zero-order chi connectivity index (χ0) is 11.1. The third-order valence-corrected chi connectivity index (χ3v) is 4.26. The summed E-state index contributed by atoms with van der Waals surface area (Å²) in [7, 11) is 0. The summed E-state index contributed by atoms with van der Waals surface area (Å²) >= 11 is 4.66. The molecular formula is C11H13I2O2. The van der Waals surface area contributed by atoms with Gasteiger partial charge in [-0.15, -0.1) is 0 Å². The molecule has 1 saturated heterocycles. The minimum atomic E-state index is -0.174. The Morgan fingerprint density at radius 1 is 1.13 bits per heavy atom. The third-order valence-electron chi connectivity index (χ3n) is 2.38. The van der Waals surface area contributed by atoms with Gasteiger partial charge >= 0.3 is 0 Å². The first-order valence-electron chi connectivity index (χ1n) is 4.83. The van der Waals surface area contributed by atoms with Crippen LogP contribution in [0.1, 0.15) is 13.8 Å². The van der Waals surface area contributed by atoms with E-state index >= 15 is 0 Å². The van der Waals surface area contributed by atoms with Crippen LogP contribution in [0.15, 0.2) is 0 Å². The normalized spacial score (nSPS) is 31.2. The van der Waals surface area contributed by atoms with Crippen LogP contribution in [0.5, 0.6) is 0 Å². The van der Waals surface area contributed by atoms with Crippen molar-refractivity contribution >= 4 is 45.2 Å². The van der Waals surface area contributed by atoms with Gasteiger partial charge in [-0.1, -0.05) is 59.0 Å². The molecule has 0 bridgehead atoms. The molecule has 0 aromatic rings. The molecule has 0 spiro atoms. The van der Waals surface area contributed by atoms with Gasteiger partial charge in [-0.2, -0.15) is 0 Å². The molecule has 2 aliphatic rings. The van der Waals surface area contributed by atoms with Crippen molar-refractivity contribution < 1.29 is 9.47 Å². The van der Waals surface area contributed by atoms with Gasteiger partial charge in [0.15, 0.2) is 6.29 Å². The van der Waals surface area contributed by atoms with Gasteiger partial charge in [0.05, 0.1) is 27.0 Å². The molecule has 1 saturated carbocycles. The fourth-order valence-electron chi connectivity index (χ4n) is 1.52. The lowest BCUT2D eigenvalue weighted by Gasteiger charge is -2.38. The summed E-state index contributed by atoms with van der Waals surface area (Å²) in [5, 5.41) is 0. The minimum Gasteiger partial charge on any atom is -0.351 e. The summed E-state index contributed by atoms with van der Waals surface area (Å²) in [5.74, 6) is 1.19. The maximum absolute atomic E-state index is 5.77. The maximum atomic E-state index is 5.77. The van der Waals surface area contributed by atoms with Crippen LogP contribution in [-0.4, -0.2) is 19.5 Å². The fraction of sp³-hybridized carbons (Fsp3) is 0.545. The molecule has 4 heteroatoms. The molecule has 83 valence electrons. The Morgan fingerprint density at radius 2 is 1.60 bits per heavy atom. The van der Waals surface area contributed by atoms with Crippen molar-refractivity contribution in [1.29, 1.82) is 0 Å².